The molecule has 0 aromatic heterocycles. The zero-order valence-corrected chi connectivity index (χ0v) is 5.88. The molecule has 0 aromatic carbocycles. The number of ether oxygens (including phenoxy) is 1. The van der Waals surface area contributed by atoms with Crippen molar-refractivity contribution in [3.8, 4) is 0 Å². The summed E-state index contributed by atoms with van der Waals surface area (Å²) in [5.74, 6) is 0. The SMILES string of the molecule is CC1OCC1(S)S. The van der Waals surface area contributed by atoms with E-state index in [2.05, 4.69) is 25.3 Å². The minimum atomic E-state index is -0.153. The van der Waals surface area contributed by atoms with Crippen molar-refractivity contribution in [2.75, 3.05) is 6.61 Å². The second kappa shape index (κ2) is 1.57. The van der Waals surface area contributed by atoms with Crippen molar-refractivity contribution in [2.24, 2.45) is 0 Å². The highest BCUT2D eigenvalue weighted by atomic mass is 32.2. The average Bonchev–Trinajstić information content (AvgIpc) is 1.63. The van der Waals surface area contributed by atoms with E-state index < -0.39 is 0 Å². The van der Waals surface area contributed by atoms with Crippen molar-refractivity contribution in [3.63, 3.8) is 0 Å². The second-order valence-corrected chi connectivity index (χ2v) is 3.78. The van der Waals surface area contributed by atoms with Crippen LogP contribution < -0.4 is 0 Å². The van der Waals surface area contributed by atoms with Gasteiger partial charge in [-0.2, -0.15) is 25.3 Å². The third kappa shape index (κ3) is 0.902. The minimum Gasteiger partial charge on any atom is -0.374 e. The molecule has 1 aliphatic heterocycles. The first-order chi connectivity index (χ1) is 3.13. The summed E-state index contributed by atoms with van der Waals surface area (Å²) in [6.45, 7) is 2.63. The van der Waals surface area contributed by atoms with Crippen LogP contribution in [0.4, 0.5) is 0 Å². The van der Waals surface area contributed by atoms with Crippen molar-refractivity contribution in [2.45, 2.75) is 17.1 Å². The molecule has 1 atom stereocenters. The van der Waals surface area contributed by atoms with E-state index in [1.807, 2.05) is 6.92 Å². The zero-order chi connectivity index (χ0) is 5.49. The molecular formula is C4H8OS2. The molecule has 0 aromatic rings. The quantitative estimate of drug-likeness (QED) is 0.372. The Balaban J connectivity index is 2.43. The van der Waals surface area contributed by atoms with Crippen molar-refractivity contribution < 1.29 is 4.74 Å². The molecule has 0 spiro atoms. The fraction of sp³-hybridized carbons (Fsp3) is 1.00. The molecule has 1 fully saturated rings. The van der Waals surface area contributed by atoms with Crippen LogP contribution >= 0.6 is 25.3 Å². The van der Waals surface area contributed by atoms with Gasteiger partial charge in [-0.05, 0) is 6.92 Å². The van der Waals surface area contributed by atoms with Gasteiger partial charge in [0.25, 0.3) is 0 Å². The Bertz CT molecular complexity index is 81.8. The Kier molecular flexibility index (Phi) is 1.30. The molecule has 1 unspecified atom stereocenters. The summed E-state index contributed by atoms with van der Waals surface area (Å²) in [5, 5.41) is 0. The van der Waals surface area contributed by atoms with E-state index in [1.165, 1.54) is 0 Å². The van der Waals surface area contributed by atoms with E-state index >= 15 is 0 Å². The summed E-state index contributed by atoms with van der Waals surface area (Å²) in [4.78, 5) is 0. The molecule has 0 N–H and O–H groups in total. The van der Waals surface area contributed by atoms with Gasteiger partial charge >= 0.3 is 0 Å². The Morgan fingerprint density at radius 3 is 2.14 bits per heavy atom. The van der Waals surface area contributed by atoms with Gasteiger partial charge in [-0.25, -0.2) is 0 Å². The first kappa shape index (κ1) is 5.79. The largest absolute Gasteiger partial charge is 0.374 e. The molecule has 1 nitrogen and oxygen atoms in total. The van der Waals surface area contributed by atoms with E-state index in [4.69, 9.17) is 4.74 Å². The van der Waals surface area contributed by atoms with Gasteiger partial charge in [0.1, 0.15) is 4.08 Å². The van der Waals surface area contributed by atoms with Crippen LogP contribution in [0.3, 0.4) is 0 Å². The predicted molar refractivity (Wildman–Crippen MR) is 36.1 cm³/mol. The lowest BCUT2D eigenvalue weighted by Gasteiger charge is -2.39. The third-order valence-electron chi connectivity index (χ3n) is 1.20. The summed E-state index contributed by atoms with van der Waals surface area (Å²) in [7, 11) is 0. The predicted octanol–water partition coefficient (Wildman–Crippen LogP) is 0.961. The van der Waals surface area contributed by atoms with Crippen molar-refractivity contribution in [1.82, 2.24) is 0 Å². The van der Waals surface area contributed by atoms with Crippen LogP contribution in [0, 0.1) is 0 Å². The Labute approximate surface area is 54.3 Å². The fourth-order valence-electron chi connectivity index (χ4n) is 0.399. The standard InChI is InChI=1S/C4H8OS2/c1-3-4(6,7)2-5-3/h3,6-7H,2H2,1H3. The maximum atomic E-state index is 4.99. The zero-order valence-electron chi connectivity index (χ0n) is 4.09. The second-order valence-electron chi connectivity index (χ2n) is 1.83. The van der Waals surface area contributed by atoms with Crippen molar-refractivity contribution in [3.05, 3.63) is 0 Å². The molecule has 3 heteroatoms. The first-order valence-electron chi connectivity index (χ1n) is 2.19. The molecule has 1 aliphatic rings. The number of hydrogen-bond donors (Lipinski definition) is 2. The van der Waals surface area contributed by atoms with Crippen LogP contribution in [0.15, 0.2) is 0 Å². The smallest absolute Gasteiger partial charge is 0.104 e. The summed E-state index contributed by atoms with van der Waals surface area (Å²) in [6, 6.07) is 0. The van der Waals surface area contributed by atoms with Gasteiger partial charge in [-0.15, -0.1) is 0 Å². The molecule has 0 aliphatic carbocycles. The van der Waals surface area contributed by atoms with Crippen LogP contribution in [0.25, 0.3) is 0 Å². The van der Waals surface area contributed by atoms with Crippen LogP contribution in [0.2, 0.25) is 0 Å². The van der Waals surface area contributed by atoms with Gasteiger partial charge in [0.2, 0.25) is 0 Å². The summed E-state index contributed by atoms with van der Waals surface area (Å²) in [6.07, 6.45) is 0.208. The lowest BCUT2D eigenvalue weighted by atomic mass is 10.2. The maximum Gasteiger partial charge on any atom is 0.104 e. The van der Waals surface area contributed by atoms with Crippen LogP contribution in [-0.2, 0) is 4.74 Å². The molecule has 0 bridgehead atoms. The number of rotatable bonds is 0. The normalized spacial score (nSPS) is 37.3. The van der Waals surface area contributed by atoms with E-state index in [1.54, 1.807) is 0 Å². The van der Waals surface area contributed by atoms with Crippen molar-refractivity contribution >= 4 is 25.3 Å². The Morgan fingerprint density at radius 2 is 2.14 bits per heavy atom. The summed E-state index contributed by atoms with van der Waals surface area (Å²) < 4.78 is 4.84. The highest BCUT2D eigenvalue weighted by molar-refractivity contribution is 8.00. The number of hydrogen-bond acceptors (Lipinski definition) is 3. The molecule has 0 saturated carbocycles. The van der Waals surface area contributed by atoms with Crippen LogP contribution in [0.1, 0.15) is 6.92 Å². The monoisotopic (exact) mass is 136 g/mol. The van der Waals surface area contributed by atoms with Gasteiger partial charge in [-0.1, -0.05) is 0 Å². The highest BCUT2D eigenvalue weighted by Crippen LogP contribution is 2.34. The topological polar surface area (TPSA) is 9.23 Å². The van der Waals surface area contributed by atoms with E-state index in [-0.39, 0.29) is 10.2 Å². The van der Waals surface area contributed by atoms with E-state index in [0.717, 1.165) is 0 Å². The maximum absolute atomic E-state index is 4.99. The third-order valence-corrected chi connectivity index (χ3v) is 2.18. The van der Waals surface area contributed by atoms with Gasteiger partial charge in [0.05, 0.1) is 12.7 Å². The summed E-state index contributed by atoms with van der Waals surface area (Å²) >= 11 is 8.35. The Morgan fingerprint density at radius 1 is 1.71 bits per heavy atom. The fourth-order valence-corrected chi connectivity index (χ4v) is 0.697. The molecule has 0 amide bonds. The summed E-state index contributed by atoms with van der Waals surface area (Å²) in [5.41, 5.74) is 0. The average molecular weight is 136 g/mol. The molecule has 0 radical (unpaired) electrons. The molecule has 7 heavy (non-hydrogen) atoms. The first-order valence-corrected chi connectivity index (χ1v) is 3.09. The Hall–Kier alpha value is 0.660. The van der Waals surface area contributed by atoms with Gasteiger partial charge in [0.15, 0.2) is 0 Å². The van der Waals surface area contributed by atoms with Crippen molar-refractivity contribution in [1.29, 1.82) is 0 Å². The molecule has 42 valence electrons. The van der Waals surface area contributed by atoms with Gasteiger partial charge in [0, 0.05) is 0 Å². The van der Waals surface area contributed by atoms with E-state index in [9.17, 15) is 0 Å². The number of thiol groups is 2. The van der Waals surface area contributed by atoms with Crippen LogP contribution in [-0.4, -0.2) is 16.8 Å². The van der Waals surface area contributed by atoms with Crippen LogP contribution in [0.5, 0.6) is 0 Å². The minimum absolute atomic E-state index is 0.153. The van der Waals surface area contributed by atoms with Gasteiger partial charge in [-0.3, -0.25) is 0 Å². The molecular weight excluding hydrogens is 128 g/mol. The highest BCUT2D eigenvalue weighted by Gasteiger charge is 2.38. The van der Waals surface area contributed by atoms with E-state index in [0.29, 0.717) is 6.61 Å². The lowest BCUT2D eigenvalue weighted by molar-refractivity contribution is -0.0410. The molecule has 1 heterocycles. The molecule has 1 rings (SSSR count). The lowest BCUT2D eigenvalue weighted by Crippen LogP contribution is -2.47. The van der Waals surface area contributed by atoms with Gasteiger partial charge < -0.3 is 4.74 Å². The molecule has 1 saturated heterocycles.